The van der Waals surface area contributed by atoms with Crippen LogP contribution in [0.25, 0.3) is 0 Å². The Morgan fingerprint density at radius 3 is 2.33 bits per heavy atom. The summed E-state index contributed by atoms with van der Waals surface area (Å²) in [5.74, 6) is 4.65. The first-order valence-corrected chi connectivity index (χ1v) is 9.63. The Morgan fingerprint density at radius 2 is 1.52 bits per heavy atom. The molecule has 0 aliphatic heterocycles. The fourth-order valence-corrected chi connectivity index (χ4v) is 7.64. The van der Waals surface area contributed by atoms with Crippen LogP contribution < -0.4 is 0 Å². The highest BCUT2D eigenvalue weighted by Gasteiger charge is 2.59. The molecule has 3 unspecified atom stereocenters. The molecule has 0 heterocycles. The van der Waals surface area contributed by atoms with Crippen LogP contribution in [0.4, 0.5) is 0 Å². The topological polar surface area (TPSA) is 20.2 Å². The Labute approximate surface area is 130 Å². The van der Waals surface area contributed by atoms with Gasteiger partial charge in [-0.05, 0) is 91.8 Å². The summed E-state index contributed by atoms with van der Waals surface area (Å²) in [4.78, 5) is 0. The average Bonchev–Trinajstić information content (AvgIpc) is 2.74. The van der Waals surface area contributed by atoms with Crippen molar-refractivity contribution in [3.05, 3.63) is 0 Å². The van der Waals surface area contributed by atoms with Crippen molar-refractivity contribution in [2.24, 2.45) is 40.4 Å². The SMILES string of the molecule is CC1CCC2CC[C@@H]3[C@H](CC[C@]4(C)C(O)CC[C@@H]34)[C@@]2(C)C1. The predicted octanol–water partition coefficient (Wildman–Crippen LogP) is 5.03. The minimum atomic E-state index is -0.0146. The van der Waals surface area contributed by atoms with Gasteiger partial charge in [-0.15, -0.1) is 0 Å². The highest BCUT2D eigenvalue weighted by molar-refractivity contribution is 5.09. The molecule has 0 radical (unpaired) electrons. The van der Waals surface area contributed by atoms with Gasteiger partial charge in [-0.2, -0.15) is 0 Å². The predicted molar refractivity (Wildman–Crippen MR) is 86.9 cm³/mol. The summed E-state index contributed by atoms with van der Waals surface area (Å²) in [6.07, 6.45) is 12.4. The second-order valence-electron chi connectivity index (χ2n) is 9.68. The van der Waals surface area contributed by atoms with Crippen molar-refractivity contribution in [1.82, 2.24) is 0 Å². The number of hydrogen-bond acceptors (Lipinski definition) is 1. The quantitative estimate of drug-likeness (QED) is 0.663. The van der Waals surface area contributed by atoms with Crippen LogP contribution in [0.1, 0.15) is 78.6 Å². The Bertz CT molecular complexity index is 418. The first-order chi connectivity index (χ1) is 9.95. The van der Waals surface area contributed by atoms with Crippen LogP contribution >= 0.6 is 0 Å². The molecule has 0 spiro atoms. The van der Waals surface area contributed by atoms with Crippen LogP contribution in [-0.4, -0.2) is 11.2 Å². The highest BCUT2D eigenvalue weighted by atomic mass is 16.3. The lowest BCUT2D eigenvalue weighted by atomic mass is 9.44. The molecule has 0 bridgehead atoms. The lowest BCUT2D eigenvalue weighted by Gasteiger charge is -2.61. The molecular weight excluding hydrogens is 256 g/mol. The fraction of sp³-hybridized carbons (Fsp3) is 1.00. The van der Waals surface area contributed by atoms with Crippen molar-refractivity contribution in [3.63, 3.8) is 0 Å². The Balaban J connectivity index is 1.64. The molecule has 1 nitrogen and oxygen atoms in total. The number of aliphatic hydroxyl groups excluding tert-OH is 1. The summed E-state index contributed by atoms with van der Waals surface area (Å²) in [5, 5.41) is 10.5. The van der Waals surface area contributed by atoms with E-state index in [2.05, 4.69) is 20.8 Å². The zero-order chi connectivity index (χ0) is 14.8. The third-order valence-corrected chi connectivity index (χ3v) is 8.81. The van der Waals surface area contributed by atoms with Gasteiger partial charge in [0, 0.05) is 0 Å². The molecule has 0 saturated heterocycles. The van der Waals surface area contributed by atoms with E-state index in [1.165, 1.54) is 51.4 Å². The summed E-state index contributed by atoms with van der Waals surface area (Å²) in [7, 11) is 0. The fourth-order valence-electron chi connectivity index (χ4n) is 7.64. The van der Waals surface area contributed by atoms with Crippen molar-refractivity contribution in [1.29, 1.82) is 0 Å². The van der Waals surface area contributed by atoms with Crippen LogP contribution in [-0.2, 0) is 0 Å². The van der Waals surface area contributed by atoms with E-state index in [1.54, 1.807) is 0 Å². The van der Waals surface area contributed by atoms with Gasteiger partial charge < -0.3 is 5.11 Å². The van der Waals surface area contributed by atoms with Crippen molar-refractivity contribution in [3.8, 4) is 0 Å². The molecule has 4 fully saturated rings. The standard InChI is InChI=1S/C20H34O/c1-13-4-5-14-6-7-15-16-8-9-18(21)19(16,2)11-10-17(15)20(14,3)12-13/h13-18,21H,4-12H2,1-3H3/t13?,14?,15-,16-,17-,18?,19-,20-/m0/s1. The number of rotatable bonds is 0. The third-order valence-electron chi connectivity index (χ3n) is 8.81. The van der Waals surface area contributed by atoms with Crippen LogP contribution in [0.3, 0.4) is 0 Å². The lowest BCUT2D eigenvalue weighted by molar-refractivity contribution is -0.127. The zero-order valence-corrected chi connectivity index (χ0v) is 14.3. The molecule has 120 valence electrons. The molecule has 0 amide bonds. The van der Waals surface area contributed by atoms with Crippen LogP contribution in [0.5, 0.6) is 0 Å². The molecule has 1 N–H and O–H groups in total. The van der Waals surface area contributed by atoms with E-state index in [1.807, 2.05) is 0 Å². The van der Waals surface area contributed by atoms with Gasteiger partial charge in [0.2, 0.25) is 0 Å². The first kappa shape index (κ1) is 14.5. The maximum absolute atomic E-state index is 10.5. The van der Waals surface area contributed by atoms with Gasteiger partial charge >= 0.3 is 0 Å². The van der Waals surface area contributed by atoms with E-state index in [4.69, 9.17) is 0 Å². The monoisotopic (exact) mass is 290 g/mol. The minimum Gasteiger partial charge on any atom is -0.393 e. The smallest absolute Gasteiger partial charge is 0.0596 e. The van der Waals surface area contributed by atoms with Gasteiger partial charge in [0.25, 0.3) is 0 Å². The molecule has 0 aromatic rings. The molecule has 4 aliphatic rings. The highest BCUT2D eigenvalue weighted by Crippen LogP contribution is 2.66. The second-order valence-corrected chi connectivity index (χ2v) is 9.68. The largest absolute Gasteiger partial charge is 0.393 e. The normalized spacial score (nSPS) is 60.0. The molecule has 0 aromatic carbocycles. The molecule has 0 aromatic heterocycles. The van der Waals surface area contributed by atoms with Gasteiger partial charge in [0.05, 0.1) is 6.10 Å². The number of fused-ring (bicyclic) bond motifs is 5. The van der Waals surface area contributed by atoms with Crippen molar-refractivity contribution in [2.75, 3.05) is 0 Å². The van der Waals surface area contributed by atoms with Crippen molar-refractivity contribution < 1.29 is 5.11 Å². The van der Waals surface area contributed by atoms with E-state index in [-0.39, 0.29) is 11.5 Å². The van der Waals surface area contributed by atoms with Crippen LogP contribution in [0.2, 0.25) is 0 Å². The van der Waals surface area contributed by atoms with Gasteiger partial charge in [-0.1, -0.05) is 27.2 Å². The molecule has 8 atom stereocenters. The number of aliphatic hydroxyl groups is 1. The van der Waals surface area contributed by atoms with Crippen molar-refractivity contribution in [2.45, 2.75) is 84.7 Å². The first-order valence-electron chi connectivity index (χ1n) is 9.63. The van der Waals surface area contributed by atoms with E-state index in [9.17, 15) is 5.11 Å². The average molecular weight is 290 g/mol. The van der Waals surface area contributed by atoms with E-state index in [0.717, 1.165) is 36.0 Å². The number of hydrogen-bond donors (Lipinski definition) is 1. The minimum absolute atomic E-state index is 0.0146. The summed E-state index contributed by atoms with van der Waals surface area (Å²) in [6.45, 7) is 7.54. The van der Waals surface area contributed by atoms with Crippen LogP contribution in [0.15, 0.2) is 0 Å². The Kier molecular flexibility index (Phi) is 3.27. The third kappa shape index (κ3) is 1.92. The molecule has 21 heavy (non-hydrogen) atoms. The summed E-state index contributed by atoms with van der Waals surface area (Å²) in [5.41, 5.74) is 0.875. The summed E-state index contributed by atoms with van der Waals surface area (Å²) < 4.78 is 0. The van der Waals surface area contributed by atoms with E-state index >= 15 is 0 Å². The summed E-state index contributed by atoms with van der Waals surface area (Å²) in [6, 6.07) is 0. The Morgan fingerprint density at radius 1 is 0.810 bits per heavy atom. The van der Waals surface area contributed by atoms with Gasteiger partial charge in [0.1, 0.15) is 0 Å². The van der Waals surface area contributed by atoms with E-state index in [0.29, 0.717) is 5.41 Å². The molecule has 1 heteroatoms. The molecule has 4 saturated carbocycles. The Hall–Kier alpha value is -0.0400. The van der Waals surface area contributed by atoms with Gasteiger partial charge in [-0.3, -0.25) is 0 Å². The molecule has 4 aliphatic carbocycles. The van der Waals surface area contributed by atoms with Crippen LogP contribution in [0, 0.1) is 40.4 Å². The molecule has 4 rings (SSSR count). The molecular formula is C20H34O. The van der Waals surface area contributed by atoms with Crippen molar-refractivity contribution >= 4 is 0 Å². The van der Waals surface area contributed by atoms with Gasteiger partial charge in [0.15, 0.2) is 0 Å². The maximum atomic E-state index is 10.5. The maximum Gasteiger partial charge on any atom is 0.0596 e. The zero-order valence-electron chi connectivity index (χ0n) is 14.3. The van der Waals surface area contributed by atoms with Gasteiger partial charge in [-0.25, -0.2) is 0 Å². The lowest BCUT2D eigenvalue weighted by Crippen LogP contribution is -2.54. The second kappa shape index (κ2) is 4.73. The summed E-state index contributed by atoms with van der Waals surface area (Å²) >= 11 is 0. The van der Waals surface area contributed by atoms with E-state index < -0.39 is 0 Å².